The number of fused-ring (bicyclic) bond motifs is 1. The van der Waals surface area contributed by atoms with Crippen LogP contribution < -0.4 is 0 Å². The van der Waals surface area contributed by atoms with Crippen LogP contribution in [0.1, 0.15) is 23.1 Å². The lowest BCUT2D eigenvalue weighted by Crippen LogP contribution is -2.25. The second-order valence-corrected chi connectivity index (χ2v) is 6.47. The predicted octanol–water partition coefficient (Wildman–Crippen LogP) is 4.36. The molecular formula is C21H22FNO. The molecule has 1 N–H and O–H groups in total. The number of nitrogens with zero attached hydrogens (tertiary/aromatic N) is 1. The summed E-state index contributed by atoms with van der Waals surface area (Å²) in [7, 11) is 3.98. The lowest BCUT2D eigenvalue weighted by molar-refractivity contribution is 0.128. The third-order valence-electron chi connectivity index (χ3n) is 4.36. The van der Waals surface area contributed by atoms with Gasteiger partial charge in [0.25, 0.3) is 0 Å². The number of likely N-dealkylation sites (N-methyl/N-ethyl adjacent to an activating group) is 1. The molecule has 2 nitrogen and oxygen atoms in total. The van der Waals surface area contributed by atoms with Gasteiger partial charge in [0, 0.05) is 12.5 Å². The summed E-state index contributed by atoms with van der Waals surface area (Å²) in [6.07, 6.45) is -0.686. The maximum atomic E-state index is 13.2. The molecule has 0 fully saturated rings. The topological polar surface area (TPSA) is 23.5 Å². The van der Waals surface area contributed by atoms with Gasteiger partial charge in [-0.1, -0.05) is 54.6 Å². The van der Waals surface area contributed by atoms with Gasteiger partial charge in [0.2, 0.25) is 0 Å². The number of aliphatic hydroxyl groups is 1. The van der Waals surface area contributed by atoms with Crippen molar-refractivity contribution in [3.8, 4) is 0 Å². The smallest absolute Gasteiger partial charge is 0.123 e. The first-order valence-corrected chi connectivity index (χ1v) is 8.11. The number of aliphatic hydroxyl groups excluding tert-OH is 1. The molecule has 0 spiro atoms. The Bertz CT molecular complexity index is 813. The average molecular weight is 323 g/mol. The molecular weight excluding hydrogens is 301 g/mol. The van der Waals surface area contributed by atoms with Crippen molar-refractivity contribution >= 4 is 10.8 Å². The molecule has 124 valence electrons. The summed E-state index contributed by atoms with van der Waals surface area (Å²) in [5, 5.41) is 13.2. The Morgan fingerprint density at radius 1 is 0.875 bits per heavy atom. The molecule has 3 heteroatoms. The van der Waals surface area contributed by atoms with Crippen LogP contribution in [0.4, 0.5) is 4.39 Å². The molecule has 24 heavy (non-hydrogen) atoms. The van der Waals surface area contributed by atoms with Crippen LogP contribution >= 0.6 is 0 Å². The molecule has 0 aliphatic rings. The fraction of sp³-hybridized carbons (Fsp3) is 0.238. The molecule has 0 saturated carbocycles. The predicted molar refractivity (Wildman–Crippen MR) is 96.6 cm³/mol. The molecule has 3 aromatic carbocycles. The summed E-state index contributed by atoms with van der Waals surface area (Å²) in [6, 6.07) is 20.6. The Morgan fingerprint density at radius 2 is 1.50 bits per heavy atom. The highest BCUT2D eigenvalue weighted by atomic mass is 19.1. The molecule has 0 aromatic heterocycles. The van der Waals surface area contributed by atoms with Crippen LogP contribution in [0.3, 0.4) is 0 Å². The summed E-state index contributed by atoms with van der Waals surface area (Å²) >= 11 is 0. The van der Waals surface area contributed by atoms with E-state index in [0.29, 0.717) is 6.54 Å². The normalized spacial score (nSPS) is 14.0. The SMILES string of the molecule is CN(C)C[C@H](c1ccc2ccccc2c1)[C@@H](O)c1ccc(F)cc1. The van der Waals surface area contributed by atoms with Crippen LogP contribution in [-0.2, 0) is 0 Å². The zero-order valence-corrected chi connectivity index (χ0v) is 14.0. The Hall–Kier alpha value is -2.23. The number of benzene rings is 3. The molecule has 3 aromatic rings. The van der Waals surface area contributed by atoms with E-state index in [1.807, 2.05) is 26.2 Å². The van der Waals surface area contributed by atoms with Crippen molar-refractivity contribution in [1.82, 2.24) is 4.90 Å². The van der Waals surface area contributed by atoms with Gasteiger partial charge in [-0.3, -0.25) is 0 Å². The number of halogens is 1. The molecule has 0 radical (unpaired) electrons. The highest BCUT2D eigenvalue weighted by molar-refractivity contribution is 5.83. The van der Waals surface area contributed by atoms with E-state index in [0.717, 1.165) is 16.5 Å². The minimum Gasteiger partial charge on any atom is -0.388 e. The van der Waals surface area contributed by atoms with Crippen LogP contribution in [0.25, 0.3) is 10.8 Å². The van der Waals surface area contributed by atoms with E-state index in [1.54, 1.807) is 12.1 Å². The summed E-state index contributed by atoms with van der Waals surface area (Å²) in [5.41, 5.74) is 1.82. The first-order chi connectivity index (χ1) is 11.5. The van der Waals surface area contributed by atoms with Crippen molar-refractivity contribution in [3.63, 3.8) is 0 Å². The van der Waals surface area contributed by atoms with Crippen LogP contribution in [0, 0.1) is 5.82 Å². The Morgan fingerprint density at radius 3 is 2.17 bits per heavy atom. The van der Waals surface area contributed by atoms with Crippen molar-refractivity contribution in [1.29, 1.82) is 0 Å². The Balaban J connectivity index is 1.99. The first-order valence-electron chi connectivity index (χ1n) is 8.11. The van der Waals surface area contributed by atoms with E-state index in [2.05, 4.69) is 35.2 Å². The van der Waals surface area contributed by atoms with Crippen molar-refractivity contribution in [2.45, 2.75) is 12.0 Å². The van der Waals surface area contributed by atoms with Gasteiger partial charge in [-0.2, -0.15) is 0 Å². The molecule has 0 aliphatic heterocycles. The third-order valence-corrected chi connectivity index (χ3v) is 4.36. The summed E-state index contributed by atoms with van der Waals surface area (Å²) in [4.78, 5) is 2.06. The van der Waals surface area contributed by atoms with Crippen molar-refractivity contribution in [3.05, 3.63) is 83.7 Å². The first kappa shape index (κ1) is 16.6. The zero-order valence-electron chi connectivity index (χ0n) is 14.0. The number of hydrogen-bond acceptors (Lipinski definition) is 2. The average Bonchev–Trinajstić information content (AvgIpc) is 2.59. The zero-order chi connectivity index (χ0) is 17.1. The van der Waals surface area contributed by atoms with E-state index in [9.17, 15) is 9.50 Å². The quantitative estimate of drug-likeness (QED) is 0.754. The van der Waals surface area contributed by atoms with E-state index in [1.165, 1.54) is 17.5 Å². The number of rotatable bonds is 5. The summed E-state index contributed by atoms with van der Waals surface area (Å²) in [6.45, 7) is 0.705. The van der Waals surface area contributed by atoms with Gasteiger partial charge < -0.3 is 10.0 Å². The van der Waals surface area contributed by atoms with E-state index in [4.69, 9.17) is 0 Å². The fourth-order valence-electron chi connectivity index (χ4n) is 3.11. The minimum atomic E-state index is -0.686. The lowest BCUT2D eigenvalue weighted by Gasteiger charge is -2.27. The van der Waals surface area contributed by atoms with Gasteiger partial charge in [0.1, 0.15) is 5.82 Å². The monoisotopic (exact) mass is 323 g/mol. The Kier molecular flexibility index (Phi) is 4.93. The maximum absolute atomic E-state index is 13.2. The van der Waals surface area contributed by atoms with Crippen molar-refractivity contribution in [2.75, 3.05) is 20.6 Å². The highest BCUT2D eigenvalue weighted by Crippen LogP contribution is 2.33. The second kappa shape index (κ2) is 7.12. The highest BCUT2D eigenvalue weighted by Gasteiger charge is 2.23. The van der Waals surface area contributed by atoms with Crippen LogP contribution in [0.15, 0.2) is 66.7 Å². The molecule has 0 unspecified atom stereocenters. The molecule has 0 saturated heterocycles. The van der Waals surface area contributed by atoms with Crippen molar-refractivity contribution in [2.24, 2.45) is 0 Å². The number of hydrogen-bond donors (Lipinski definition) is 1. The third kappa shape index (κ3) is 3.64. The molecule has 0 aliphatic carbocycles. The lowest BCUT2D eigenvalue weighted by atomic mass is 9.87. The Labute approximate surface area is 142 Å². The van der Waals surface area contributed by atoms with Gasteiger partial charge in [0.05, 0.1) is 6.10 Å². The van der Waals surface area contributed by atoms with Gasteiger partial charge >= 0.3 is 0 Å². The maximum Gasteiger partial charge on any atom is 0.123 e. The summed E-state index contributed by atoms with van der Waals surface area (Å²) in [5.74, 6) is -0.379. The largest absolute Gasteiger partial charge is 0.388 e. The van der Waals surface area contributed by atoms with Crippen molar-refractivity contribution < 1.29 is 9.50 Å². The van der Waals surface area contributed by atoms with E-state index in [-0.39, 0.29) is 11.7 Å². The summed E-state index contributed by atoms with van der Waals surface area (Å²) < 4.78 is 13.2. The molecule has 0 heterocycles. The van der Waals surface area contributed by atoms with E-state index >= 15 is 0 Å². The second-order valence-electron chi connectivity index (χ2n) is 6.47. The molecule has 0 amide bonds. The van der Waals surface area contributed by atoms with Crippen LogP contribution in [-0.4, -0.2) is 30.6 Å². The van der Waals surface area contributed by atoms with Gasteiger partial charge in [-0.05, 0) is 48.1 Å². The van der Waals surface area contributed by atoms with Crippen LogP contribution in [0.5, 0.6) is 0 Å². The minimum absolute atomic E-state index is 0.0879. The van der Waals surface area contributed by atoms with Gasteiger partial charge in [-0.25, -0.2) is 4.39 Å². The molecule has 2 atom stereocenters. The van der Waals surface area contributed by atoms with E-state index < -0.39 is 6.10 Å². The molecule has 0 bridgehead atoms. The van der Waals surface area contributed by atoms with Gasteiger partial charge in [-0.15, -0.1) is 0 Å². The molecule has 3 rings (SSSR count). The van der Waals surface area contributed by atoms with Gasteiger partial charge in [0.15, 0.2) is 0 Å². The fourth-order valence-corrected chi connectivity index (χ4v) is 3.11. The standard InChI is InChI=1S/C21H22FNO/c1-23(2)14-20(21(24)16-9-11-19(22)12-10-16)18-8-7-15-5-3-4-6-17(15)13-18/h3-13,20-21,24H,14H2,1-2H3/t20-,21+/m1/s1. The van der Waals surface area contributed by atoms with Crippen LogP contribution in [0.2, 0.25) is 0 Å².